The molecule has 0 bridgehead atoms. The molecule has 0 amide bonds. The average molecular weight is 465 g/mol. The predicted octanol–water partition coefficient (Wildman–Crippen LogP) is 3.34. The van der Waals surface area contributed by atoms with Gasteiger partial charge in [0.15, 0.2) is 5.96 Å². The third kappa shape index (κ3) is 8.22. The number of nitrogens with zero attached hydrogens (tertiary/aromatic N) is 1. The van der Waals surface area contributed by atoms with E-state index in [1.54, 1.807) is 12.1 Å². The molecule has 142 valence electrons. The molecule has 25 heavy (non-hydrogen) atoms. The second kappa shape index (κ2) is 12.3. The van der Waals surface area contributed by atoms with Crippen molar-refractivity contribution in [2.75, 3.05) is 26.2 Å². The van der Waals surface area contributed by atoms with Gasteiger partial charge in [0.05, 0.1) is 12.6 Å². The van der Waals surface area contributed by atoms with E-state index in [4.69, 9.17) is 9.47 Å². The zero-order valence-corrected chi connectivity index (χ0v) is 17.3. The number of benzene rings is 1. The van der Waals surface area contributed by atoms with E-state index >= 15 is 0 Å². The normalized spacial score (nSPS) is 18.4. The summed E-state index contributed by atoms with van der Waals surface area (Å²) < 4.78 is 24.7. The molecule has 1 aromatic carbocycles. The molecule has 1 saturated heterocycles. The fourth-order valence-electron chi connectivity index (χ4n) is 2.53. The molecule has 2 unspecified atom stereocenters. The first-order valence-corrected chi connectivity index (χ1v) is 8.77. The zero-order valence-electron chi connectivity index (χ0n) is 15.0. The van der Waals surface area contributed by atoms with Crippen LogP contribution >= 0.6 is 24.0 Å². The van der Waals surface area contributed by atoms with Crippen molar-refractivity contribution in [2.45, 2.75) is 45.3 Å². The summed E-state index contributed by atoms with van der Waals surface area (Å²) in [7, 11) is 0. The molecule has 1 aromatic rings. The second-order valence-corrected chi connectivity index (χ2v) is 5.84. The molecule has 0 aliphatic carbocycles. The number of hydrogen-bond acceptors (Lipinski definition) is 3. The molecule has 5 nitrogen and oxygen atoms in total. The van der Waals surface area contributed by atoms with Crippen LogP contribution in [0.4, 0.5) is 4.39 Å². The number of rotatable bonds is 8. The zero-order chi connectivity index (χ0) is 17.2. The van der Waals surface area contributed by atoms with E-state index in [9.17, 15) is 4.39 Å². The third-order valence-electron chi connectivity index (χ3n) is 3.87. The van der Waals surface area contributed by atoms with Gasteiger partial charge in [-0.3, -0.25) is 0 Å². The Kier molecular flexibility index (Phi) is 10.8. The Hall–Kier alpha value is -1.09. The van der Waals surface area contributed by atoms with Crippen LogP contribution in [0.2, 0.25) is 0 Å². The molecule has 2 N–H and O–H groups in total. The Balaban J connectivity index is 0.00000312. The molecular formula is C18H29FIN3O2. The minimum absolute atomic E-state index is 0. The van der Waals surface area contributed by atoms with Gasteiger partial charge >= 0.3 is 0 Å². The van der Waals surface area contributed by atoms with Crippen LogP contribution in [-0.4, -0.2) is 44.4 Å². The highest BCUT2D eigenvalue weighted by Crippen LogP contribution is 2.15. The van der Waals surface area contributed by atoms with Gasteiger partial charge in [-0.05, 0) is 38.3 Å². The van der Waals surface area contributed by atoms with Crippen LogP contribution in [0.25, 0.3) is 0 Å². The van der Waals surface area contributed by atoms with Crippen LogP contribution in [0.15, 0.2) is 29.3 Å². The number of ether oxygens (including phenoxy) is 2. The van der Waals surface area contributed by atoms with Crippen molar-refractivity contribution in [2.24, 2.45) is 4.99 Å². The molecule has 1 aliphatic rings. The average Bonchev–Trinajstić information content (AvgIpc) is 3.09. The van der Waals surface area contributed by atoms with Gasteiger partial charge in [0.2, 0.25) is 0 Å². The summed E-state index contributed by atoms with van der Waals surface area (Å²) in [6, 6.07) is 6.21. The molecule has 0 aromatic heterocycles. The van der Waals surface area contributed by atoms with Gasteiger partial charge in [-0.25, -0.2) is 9.38 Å². The van der Waals surface area contributed by atoms with E-state index in [1.165, 1.54) is 12.1 Å². The van der Waals surface area contributed by atoms with Gasteiger partial charge in [0.25, 0.3) is 0 Å². The minimum Gasteiger partial charge on any atom is -0.488 e. The Labute approximate surface area is 166 Å². The van der Waals surface area contributed by atoms with Gasteiger partial charge in [-0.2, -0.15) is 0 Å². The van der Waals surface area contributed by atoms with Crippen molar-refractivity contribution in [1.82, 2.24) is 10.6 Å². The Bertz CT molecular complexity index is 525. The third-order valence-corrected chi connectivity index (χ3v) is 3.87. The summed E-state index contributed by atoms with van der Waals surface area (Å²) in [5, 5.41) is 6.54. The largest absolute Gasteiger partial charge is 0.488 e. The fourth-order valence-corrected chi connectivity index (χ4v) is 2.53. The smallest absolute Gasteiger partial charge is 0.191 e. The highest BCUT2D eigenvalue weighted by Gasteiger charge is 2.16. The van der Waals surface area contributed by atoms with Crippen molar-refractivity contribution in [3.8, 4) is 5.75 Å². The molecule has 2 rings (SSSR count). The molecule has 0 spiro atoms. The highest BCUT2D eigenvalue weighted by atomic mass is 127. The number of hydrogen-bond donors (Lipinski definition) is 2. The molecule has 1 aliphatic heterocycles. The Morgan fingerprint density at radius 1 is 1.40 bits per heavy atom. The van der Waals surface area contributed by atoms with Crippen LogP contribution in [0, 0.1) is 5.82 Å². The van der Waals surface area contributed by atoms with Crippen molar-refractivity contribution in [1.29, 1.82) is 0 Å². The van der Waals surface area contributed by atoms with Crippen molar-refractivity contribution in [3.63, 3.8) is 0 Å². The number of guanidine groups is 1. The van der Waals surface area contributed by atoms with Gasteiger partial charge in [0, 0.05) is 25.8 Å². The van der Waals surface area contributed by atoms with Crippen LogP contribution in [0.1, 0.15) is 33.1 Å². The lowest BCUT2D eigenvalue weighted by Crippen LogP contribution is -2.41. The maximum atomic E-state index is 13.2. The van der Waals surface area contributed by atoms with Crippen LogP contribution in [-0.2, 0) is 4.74 Å². The van der Waals surface area contributed by atoms with Gasteiger partial charge < -0.3 is 20.1 Å². The summed E-state index contributed by atoms with van der Waals surface area (Å²) in [6.07, 6.45) is 3.18. The molecule has 1 heterocycles. The van der Waals surface area contributed by atoms with Crippen LogP contribution < -0.4 is 15.4 Å². The topological polar surface area (TPSA) is 54.9 Å². The SMILES string of the molecule is CCNC(=NCC(CC)Oc1cccc(F)c1)NCC1CCCO1.I. The Morgan fingerprint density at radius 3 is 2.88 bits per heavy atom. The van der Waals surface area contributed by atoms with Gasteiger partial charge in [0.1, 0.15) is 17.7 Å². The van der Waals surface area contributed by atoms with E-state index in [-0.39, 0.29) is 42.0 Å². The van der Waals surface area contributed by atoms with E-state index in [0.717, 1.165) is 44.9 Å². The summed E-state index contributed by atoms with van der Waals surface area (Å²) >= 11 is 0. The van der Waals surface area contributed by atoms with E-state index < -0.39 is 0 Å². The second-order valence-electron chi connectivity index (χ2n) is 5.84. The summed E-state index contributed by atoms with van der Waals surface area (Å²) in [5.41, 5.74) is 0. The van der Waals surface area contributed by atoms with E-state index in [1.807, 2.05) is 13.8 Å². The van der Waals surface area contributed by atoms with Crippen molar-refractivity contribution in [3.05, 3.63) is 30.1 Å². The Morgan fingerprint density at radius 2 is 2.24 bits per heavy atom. The standard InChI is InChI=1S/C18H28FN3O2.HI/c1-3-15(24-16-8-5-7-14(19)11-16)12-21-18(20-4-2)22-13-17-9-6-10-23-17;/h5,7-8,11,15,17H,3-4,6,9-10,12-13H2,1-2H3,(H2,20,21,22);1H. The van der Waals surface area contributed by atoms with Gasteiger partial charge in [-0.1, -0.05) is 13.0 Å². The lowest BCUT2D eigenvalue weighted by molar-refractivity contribution is 0.113. The van der Waals surface area contributed by atoms with Crippen LogP contribution in [0.3, 0.4) is 0 Å². The monoisotopic (exact) mass is 465 g/mol. The first-order chi connectivity index (χ1) is 11.7. The van der Waals surface area contributed by atoms with Crippen LogP contribution in [0.5, 0.6) is 5.75 Å². The summed E-state index contributed by atoms with van der Waals surface area (Å²) in [4.78, 5) is 4.58. The maximum absolute atomic E-state index is 13.2. The maximum Gasteiger partial charge on any atom is 0.191 e. The molecule has 0 radical (unpaired) electrons. The number of halogens is 2. The van der Waals surface area contributed by atoms with Crippen molar-refractivity contribution < 1.29 is 13.9 Å². The molecule has 0 saturated carbocycles. The number of nitrogens with one attached hydrogen (secondary N) is 2. The first-order valence-electron chi connectivity index (χ1n) is 8.77. The molecule has 7 heteroatoms. The van der Waals surface area contributed by atoms with Gasteiger partial charge in [-0.15, -0.1) is 24.0 Å². The van der Waals surface area contributed by atoms with Crippen molar-refractivity contribution >= 4 is 29.9 Å². The highest BCUT2D eigenvalue weighted by molar-refractivity contribution is 14.0. The quantitative estimate of drug-likeness (QED) is 0.352. The fraction of sp³-hybridized carbons (Fsp3) is 0.611. The first kappa shape index (κ1) is 22.0. The summed E-state index contributed by atoms with van der Waals surface area (Å²) in [6.45, 7) is 6.97. The summed E-state index contributed by atoms with van der Waals surface area (Å²) in [5.74, 6) is 1.00. The lowest BCUT2D eigenvalue weighted by Gasteiger charge is -2.18. The molecule has 1 fully saturated rings. The predicted molar refractivity (Wildman–Crippen MR) is 109 cm³/mol. The minimum atomic E-state index is -0.294. The molecular weight excluding hydrogens is 436 g/mol. The number of aliphatic imine (C=N–C) groups is 1. The molecule has 2 atom stereocenters. The van der Waals surface area contributed by atoms with E-state index in [2.05, 4.69) is 15.6 Å². The van der Waals surface area contributed by atoms with E-state index in [0.29, 0.717) is 12.3 Å². The lowest BCUT2D eigenvalue weighted by atomic mass is 10.2.